The monoisotopic (exact) mass is 232 g/mol. The van der Waals surface area contributed by atoms with E-state index in [2.05, 4.69) is 9.72 Å². The zero-order valence-electron chi connectivity index (χ0n) is 9.77. The summed E-state index contributed by atoms with van der Waals surface area (Å²) >= 11 is 0. The Hall–Kier alpha value is -1.81. The number of ether oxygens (including phenoxy) is 1. The van der Waals surface area contributed by atoms with Crippen LogP contribution in [0.15, 0.2) is 30.5 Å². The highest BCUT2D eigenvalue weighted by atomic mass is 16.5. The Morgan fingerprint density at radius 2 is 2.24 bits per heavy atom. The van der Waals surface area contributed by atoms with Gasteiger partial charge in [0.15, 0.2) is 0 Å². The van der Waals surface area contributed by atoms with Crippen LogP contribution in [0, 0.1) is 0 Å². The minimum Gasteiger partial charge on any atom is -0.469 e. The molecule has 90 valence electrons. The van der Waals surface area contributed by atoms with Gasteiger partial charge < -0.3 is 15.5 Å². The fraction of sp³-hybridized carbons (Fsp3) is 0.308. The van der Waals surface area contributed by atoms with E-state index in [1.165, 1.54) is 7.11 Å². The van der Waals surface area contributed by atoms with E-state index < -0.39 is 0 Å². The van der Waals surface area contributed by atoms with Crippen molar-refractivity contribution in [3.8, 4) is 0 Å². The van der Waals surface area contributed by atoms with E-state index in [1.54, 1.807) is 0 Å². The second-order valence-electron chi connectivity index (χ2n) is 4.01. The summed E-state index contributed by atoms with van der Waals surface area (Å²) in [4.78, 5) is 14.2. The van der Waals surface area contributed by atoms with E-state index in [0.717, 1.165) is 16.5 Å². The van der Waals surface area contributed by atoms with Crippen LogP contribution in [0.5, 0.6) is 0 Å². The smallest absolute Gasteiger partial charge is 0.305 e. The Bertz CT molecular complexity index is 519. The van der Waals surface area contributed by atoms with E-state index >= 15 is 0 Å². The van der Waals surface area contributed by atoms with Gasteiger partial charge in [-0.25, -0.2) is 0 Å². The van der Waals surface area contributed by atoms with Gasteiger partial charge >= 0.3 is 5.97 Å². The number of benzene rings is 1. The van der Waals surface area contributed by atoms with Gasteiger partial charge in [0.05, 0.1) is 7.11 Å². The van der Waals surface area contributed by atoms with E-state index in [9.17, 15) is 4.79 Å². The standard InChI is InChI=1S/C13H16N2O2/c1-17-13(16)7-6-11(14)10-8-15-12-5-3-2-4-9(10)12/h2-5,8,11,15H,6-7,14H2,1H3. The lowest BCUT2D eigenvalue weighted by molar-refractivity contribution is -0.140. The van der Waals surface area contributed by atoms with Gasteiger partial charge in [0.2, 0.25) is 0 Å². The Morgan fingerprint density at radius 3 is 3.00 bits per heavy atom. The quantitative estimate of drug-likeness (QED) is 0.793. The molecule has 0 aliphatic carbocycles. The molecule has 0 saturated heterocycles. The average molecular weight is 232 g/mol. The number of rotatable bonds is 4. The maximum absolute atomic E-state index is 11.1. The van der Waals surface area contributed by atoms with Crippen molar-refractivity contribution >= 4 is 16.9 Å². The molecule has 1 aromatic heterocycles. The molecule has 4 heteroatoms. The number of carbonyl (C=O) groups excluding carboxylic acids is 1. The molecule has 1 heterocycles. The molecule has 0 aliphatic heterocycles. The zero-order valence-corrected chi connectivity index (χ0v) is 9.77. The number of hydrogen-bond acceptors (Lipinski definition) is 3. The first-order chi connectivity index (χ1) is 8.22. The summed E-state index contributed by atoms with van der Waals surface area (Å²) in [5, 5.41) is 1.12. The third-order valence-electron chi connectivity index (χ3n) is 2.91. The molecule has 1 aromatic carbocycles. The van der Waals surface area contributed by atoms with E-state index in [1.807, 2.05) is 30.5 Å². The van der Waals surface area contributed by atoms with E-state index in [0.29, 0.717) is 12.8 Å². The van der Waals surface area contributed by atoms with Crippen molar-refractivity contribution in [3.63, 3.8) is 0 Å². The SMILES string of the molecule is COC(=O)CCC(N)c1c[nH]c2ccccc12. The van der Waals surface area contributed by atoms with Crippen molar-refractivity contribution in [1.29, 1.82) is 0 Å². The average Bonchev–Trinajstić information content (AvgIpc) is 2.79. The first-order valence-electron chi connectivity index (χ1n) is 5.61. The number of esters is 1. The van der Waals surface area contributed by atoms with E-state index in [-0.39, 0.29) is 12.0 Å². The maximum atomic E-state index is 11.1. The van der Waals surface area contributed by atoms with Crippen LogP contribution in [0.4, 0.5) is 0 Å². The van der Waals surface area contributed by atoms with Gasteiger partial charge in [-0.3, -0.25) is 4.79 Å². The van der Waals surface area contributed by atoms with Crippen molar-refractivity contribution in [1.82, 2.24) is 4.98 Å². The van der Waals surface area contributed by atoms with Gasteiger partial charge in [0, 0.05) is 29.6 Å². The number of aromatic nitrogens is 1. The second kappa shape index (κ2) is 5.01. The lowest BCUT2D eigenvalue weighted by Gasteiger charge is -2.09. The van der Waals surface area contributed by atoms with Crippen molar-refractivity contribution in [2.75, 3.05) is 7.11 Å². The van der Waals surface area contributed by atoms with Crippen LogP contribution < -0.4 is 5.73 Å². The number of methoxy groups -OCH3 is 1. The van der Waals surface area contributed by atoms with Gasteiger partial charge in [-0.15, -0.1) is 0 Å². The highest BCUT2D eigenvalue weighted by Crippen LogP contribution is 2.25. The molecule has 0 aliphatic rings. The summed E-state index contributed by atoms with van der Waals surface area (Å²) in [5.74, 6) is -0.222. The van der Waals surface area contributed by atoms with Crippen LogP contribution in [0.3, 0.4) is 0 Å². The van der Waals surface area contributed by atoms with Gasteiger partial charge in [-0.2, -0.15) is 0 Å². The third-order valence-corrected chi connectivity index (χ3v) is 2.91. The van der Waals surface area contributed by atoms with Crippen molar-refractivity contribution in [2.45, 2.75) is 18.9 Å². The molecule has 1 unspecified atom stereocenters. The topological polar surface area (TPSA) is 68.1 Å². The first-order valence-corrected chi connectivity index (χ1v) is 5.61. The van der Waals surface area contributed by atoms with Crippen LogP contribution in [-0.2, 0) is 9.53 Å². The molecule has 0 spiro atoms. The lowest BCUT2D eigenvalue weighted by Crippen LogP contribution is -2.12. The molecule has 4 nitrogen and oxygen atoms in total. The first kappa shape index (κ1) is 11.7. The van der Waals surface area contributed by atoms with Crippen LogP contribution >= 0.6 is 0 Å². The maximum Gasteiger partial charge on any atom is 0.305 e. The van der Waals surface area contributed by atoms with Gasteiger partial charge in [0.1, 0.15) is 0 Å². The van der Waals surface area contributed by atoms with Gasteiger partial charge in [-0.05, 0) is 18.1 Å². The number of aromatic amines is 1. The number of fused-ring (bicyclic) bond motifs is 1. The fourth-order valence-corrected chi connectivity index (χ4v) is 1.93. The Kier molecular flexibility index (Phi) is 3.44. The molecule has 3 N–H and O–H groups in total. The molecule has 1 atom stereocenters. The van der Waals surface area contributed by atoms with Crippen molar-refractivity contribution < 1.29 is 9.53 Å². The normalized spacial score (nSPS) is 12.6. The van der Waals surface area contributed by atoms with Crippen molar-refractivity contribution in [2.24, 2.45) is 5.73 Å². The molecular formula is C13H16N2O2. The fourth-order valence-electron chi connectivity index (χ4n) is 1.93. The minimum atomic E-state index is -0.222. The number of nitrogens with two attached hydrogens (primary N) is 1. The van der Waals surface area contributed by atoms with Crippen LogP contribution in [0.1, 0.15) is 24.4 Å². The predicted octanol–water partition coefficient (Wildman–Crippen LogP) is 2.12. The molecule has 2 rings (SSSR count). The molecular weight excluding hydrogens is 216 g/mol. The predicted molar refractivity (Wildman–Crippen MR) is 66.5 cm³/mol. The van der Waals surface area contributed by atoms with Crippen LogP contribution in [-0.4, -0.2) is 18.1 Å². The number of nitrogens with one attached hydrogen (secondary N) is 1. The van der Waals surface area contributed by atoms with Gasteiger partial charge in [-0.1, -0.05) is 18.2 Å². The van der Waals surface area contributed by atoms with Crippen LogP contribution in [0.25, 0.3) is 10.9 Å². The lowest BCUT2D eigenvalue weighted by atomic mass is 10.0. The number of carbonyl (C=O) groups is 1. The molecule has 17 heavy (non-hydrogen) atoms. The summed E-state index contributed by atoms with van der Waals surface area (Å²) in [7, 11) is 1.39. The Labute approximate surface area is 99.8 Å². The molecule has 0 bridgehead atoms. The highest BCUT2D eigenvalue weighted by molar-refractivity contribution is 5.83. The Morgan fingerprint density at radius 1 is 1.47 bits per heavy atom. The number of hydrogen-bond donors (Lipinski definition) is 2. The van der Waals surface area contributed by atoms with Gasteiger partial charge in [0.25, 0.3) is 0 Å². The molecule has 2 aromatic rings. The van der Waals surface area contributed by atoms with E-state index in [4.69, 9.17) is 5.73 Å². The molecule has 0 fully saturated rings. The summed E-state index contributed by atoms with van der Waals surface area (Å²) in [6.07, 6.45) is 2.85. The second-order valence-corrected chi connectivity index (χ2v) is 4.01. The number of H-pyrrole nitrogens is 1. The van der Waals surface area contributed by atoms with Crippen LogP contribution in [0.2, 0.25) is 0 Å². The number of para-hydroxylation sites is 1. The molecule has 0 saturated carbocycles. The molecule has 0 radical (unpaired) electrons. The summed E-state index contributed by atoms with van der Waals surface area (Å²) in [5.41, 5.74) is 8.19. The van der Waals surface area contributed by atoms with Crippen molar-refractivity contribution in [3.05, 3.63) is 36.0 Å². The summed E-state index contributed by atoms with van der Waals surface area (Å²) in [6, 6.07) is 7.84. The highest BCUT2D eigenvalue weighted by Gasteiger charge is 2.13. The third kappa shape index (κ3) is 2.47. The Balaban J connectivity index is 2.13. The minimum absolute atomic E-state index is 0.148. The molecule has 0 amide bonds. The zero-order chi connectivity index (χ0) is 12.3. The summed E-state index contributed by atoms with van der Waals surface area (Å²) < 4.78 is 4.60. The largest absolute Gasteiger partial charge is 0.469 e. The summed E-state index contributed by atoms with van der Waals surface area (Å²) in [6.45, 7) is 0.